The molecular weight excluding hydrogens is 505 g/mol. The van der Waals surface area contributed by atoms with Crippen LogP contribution in [0.3, 0.4) is 0 Å². The van der Waals surface area contributed by atoms with Crippen LogP contribution in [0, 0.1) is 11.7 Å². The third-order valence-corrected chi connectivity index (χ3v) is 8.87. The van der Waals surface area contributed by atoms with E-state index in [2.05, 4.69) is 48.9 Å². The van der Waals surface area contributed by atoms with Crippen LogP contribution in [-0.4, -0.2) is 56.2 Å². The number of likely N-dealkylation sites (N-methyl/N-ethyl adjacent to an activating group) is 1. The average molecular weight is 548 g/mol. The second kappa shape index (κ2) is 12.7. The van der Waals surface area contributed by atoms with Crippen molar-refractivity contribution in [3.05, 3.63) is 64.5 Å². The van der Waals surface area contributed by atoms with Gasteiger partial charge in [0, 0.05) is 18.5 Å². The number of carbonyl (C=O) groups is 1. The number of amides is 1. The lowest BCUT2D eigenvalue weighted by Gasteiger charge is -2.35. The van der Waals surface area contributed by atoms with E-state index in [1.54, 1.807) is 6.07 Å². The van der Waals surface area contributed by atoms with E-state index in [-0.39, 0.29) is 41.5 Å². The van der Waals surface area contributed by atoms with E-state index in [1.807, 2.05) is 26.0 Å². The normalized spacial score (nSPS) is 21.3. The summed E-state index contributed by atoms with van der Waals surface area (Å²) in [5.74, 6) is -1.77. The quantitative estimate of drug-likeness (QED) is 0.364. The molecule has 1 saturated heterocycles. The van der Waals surface area contributed by atoms with Gasteiger partial charge in [0.2, 0.25) is 5.91 Å². The number of anilines is 1. The first kappa shape index (κ1) is 30.2. The first-order valence-electron chi connectivity index (χ1n) is 13.4. The maximum Gasteiger partial charge on any atom is 0.238 e. The molecule has 0 radical (unpaired) electrons. The van der Waals surface area contributed by atoms with Gasteiger partial charge in [0.15, 0.2) is 9.84 Å². The highest BCUT2D eigenvalue weighted by molar-refractivity contribution is 7.91. The molecule has 0 unspecified atom stereocenters. The van der Waals surface area contributed by atoms with E-state index >= 15 is 4.39 Å². The molecule has 2 aromatic rings. The second-order valence-electron chi connectivity index (χ2n) is 11.3. The maximum atomic E-state index is 15.1. The fourth-order valence-corrected chi connectivity index (χ4v) is 6.90. The third-order valence-electron chi connectivity index (χ3n) is 7.07. The van der Waals surface area contributed by atoms with Crippen LogP contribution < -0.4 is 16.0 Å². The van der Waals surface area contributed by atoms with Gasteiger partial charge in [0.1, 0.15) is 5.82 Å². The molecule has 0 bridgehead atoms. The summed E-state index contributed by atoms with van der Waals surface area (Å²) >= 11 is 0. The van der Waals surface area contributed by atoms with Gasteiger partial charge in [-0.1, -0.05) is 65.0 Å². The molecule has 7 nitrogen and oxygen atoms in total. The Balaban J connectivity index is 1.75. The zero-order chi connectivity index (χ0) is 28.1. The van der Waals surface area contributed by atoms with Gasteiger partial charge < -0.3 is 21.1 Å². The summed E-state index contributed by atoms with van der Waals surface area (Å²) in [6.07, 6.45) is -0.199. The summed E-state index contributed by atoms with van der Waals surface area (Å²) < 4.78 is 40.6. The lowest BCUT2D eigenvalue weighted by molar-refractivity contribution is -0.115. The topological polar surface area (TPSA) is 108 Å². The van der Waals surface area contributed by atoms with Gasteiger partial charge in [-0.15, -0.1) is 0 Å². The lowest BCUT2D eigenvalue weighted by Crippen LogP contribution is -2.54. The number of rotatable bonds is 10. The molecule has 1 aliphatic heterocycles. The van der Waals surface area contributed by atoms with Gasteiger partial charge >= 0.3 is 0 Å². The highest BCUT2D eigenvalue weighted by Gasteiger charge is 2.39. The number of hydrogen-bond acceptors (Lipinski definition) is 6. The van der Waals surface area contributed by atoms with Crippen molar-refractivity contribution in [2.24, 2.45) is 5.92 Å². The summed E-state index contributed by atoms with van der Waals surface area (Å²) in [6, 6.07) is 10.6. The van der Waals surface area contributed by atoms with Crippen LogP contribution >= 0.6 is 0 Å². The number of carbonyl (C=O) groups excluding carboxylic acids is 1. The van der Waals surface area contributed by atoms with Crippen molar-refractivity contribution in [1.82, 2.24) is 10.6 Å². The SMILES string of the molecule is CCNCC(=O)Nc1c(F)cc(C[C@@H]2CS(=O)(=O)C[C@H](NCc3cccc(C(C)(C)C)c3)[C@H]2O)cc1CC. The Kier molecular flexibility index (Phi) is 10.1. The van der Waals surface area contributed by atoms with Gasteiger partial charge in [-0.2, -0.15) is 0 Å². The molecule has 3 rings (SSSR count). The predicted octanol–water partition coefficient (Wildman–Crippen LogP) is 3.34. The molecule has 2 aromatic carbocycles. The van der Waals surface area contributed by atoms with Crippen LogP contribution in [0.5, 0.6) is 0 Å². The molecule has 0 spiro atoms. The molecule has 0 aliphatic carbocycles. The maximum absolute atomic E-state index is 15.1. The highest BCUT2D eigenvalue weighted by atomic mass is 32.2. The van der Waals surface area contributed by atoms with Gasteiger partial charge in [-0.25, -0.2) is 12.8 Å². The number of nitrogens with one attached hydrogen (secondary N) is 3. The Morgan fingerprint density at radius 1 is 1.11 bits per heavy atom. The molecule has 38 heavy (non-hydrogen) atoms. The Labute approximate surface area is 226 Å². The van der Waals surface area contributed by atoms with Crippen molar-refractivity contribution in [3.8, 4) is 0 Å². The van der Waals surface area contributed by atoms with E-state index in [1.165, 1.54) is 11.6 Å². The molecule has 0 aromatic heterocycles. The van der Waals surface area contributed by atoms with Crippen LogP contribution in [0.1, 0.15) is 56.9 Å². The number of aliphatic hydroxyl groups excluding tert-OH is 1. The fraction of sp³-hybridized carbons (Fsp3) is 0.552. The summed E-state index contributed by atoms with van der Waals surface area (Å²) in [5.41, 5.74) is 3.57. The molecule has 1 aliphatic rings. The average Bonchev–Trinajstić information content (AvgIpc) is 2.84. The summed E-state index contributed by atoms with van der Waals surface area (Å²) in [5, 5.41) is 20.0. The predicted molar refractivity (Wildman–Crippen MR) is 151 cm³/mol. The second-order valence-corrected chi connectivity index (χ2v) is 13.4. The Bertz CT molecular complexity index is 1230. The van der Waals surface area contributed by atoms with E-state index < -0.39 is 33.7 Å². The summed E-state index contributed by atoms with van der Waals surface area (Å²) in [4.78, 5) is 12.1. The zero-order valence-corrected chi connectivity index (χ0v) is 23.9. The van der Waals surface area contributed by atoms with E-state index in [0.717, 1.165) is 5.56 Å². The molecule has 1 fully saturated rings. The van der Waals surface area contributed by atoms with Gasteiger partial charge in [-0.05, 0) is 53.1 Å². The first-order chi connectivity index (χ1) is 17.8. The first-order valence-corrected chi connectivity index (χ1v) is 15.2. The molecule has 1 heterocycles. The van der Waals surface area contributed by atoms with Crippen molar-refractivity contribution >= 4 is 21.4 Å². The fourth-order valence-electron chi connectivity index (χ4n) is 4.94. The number of sulfone groups is 1. The van der Waals surface area contributed by atoms with Gasteiger partial charge in [-0.3, -0.25) is 4.79 Å². The zero-order valence-electron chi connectivity index (χ0n) is 23.1. The Hall–Kier alpha value is -2.33. The van der Waals surface area contributed by atoms with Crippen LogP contribution in [0.4, 0.5) is 10.1 Å². The lowest BCUT2D eigenvalue weighted by atomic mass is 9.86. The minimum absolute atomic E-state index is 0.00777. The van der Waals surface area contributed by atoms with Crippen molar-refractivity contribution in [2.45, 2.75) is 71.6 Å². The number of halogens is 1. The van der Waals surface area contributed by atoms with Crippen molar-refractivity contribution in [1.29, 1.82) is 0 Å². The summed E-state index contributed by atoms with van der Waals surface area (Å²) in [6.45, 7) is 11.3. The van der Waals surface area contributed by atoms with E-state index in [4.69, 9.17) is 0 Å². The van der Waals surface area contributed by atoms with Crippen molar-refractivity contribution in [3.63, 3.8) is 0 Å². The molecule has 9 heteroatoms. The number of aryl methyl sites for hydroxylation is 1. The number of hydrogen-bond donors (Lipinski definition) is 4. The van der Waals surface area contributed by atoms with Gasteiger partial charge in [0.25, 0.3) is 0 Å². The minimum Gasteiger partial charge on any atom is -0.391 e. The molecule has 3 atom stereocenters. The van der Waals surface area contributed by atoms with Crippen molar-refractivity contribution in [2.75, 3.05) is 29.9 Å². The monoisotopic (exact) mass is 547 g/mol. The molecule has 0 saturated carbocycles. The number of aliphatic hydroxyl groups is 1. The molecule has 210 valence electrons. The van der Waals surface area contributed by atoms with Crippen LogP contribution in [0.2, 0.25) is 0 Å². The highest BCUT2D eigenvalue weighted by Crippen LogP contribution is 2.29. The molecule has 1 amide bonds. The van der Waals surface area contributed by atoms with Crippen molar-refractivity contribution < 1.29 is 22.7 Å². The smallest absolute Gasteiger partial charge is 0.238 e. The minimum atomic E-state index is -3.41. The molecular formula is C29H42FN3O4S. The molecule has 4 N–H and O–H groups in total. The standard InChI is InChI=1S/C29H42FN3O4S/c1-6-21-11-20(14-24(30)27(21)33-26(34)16-31-7-2)12-22-17-38(36,37)18-25(28(22)35)32-15-19-9-8-10-23(13-19)29(3,4)5/h8-11,13-14,22,25,28,31-32,35H,6-7,12,15-18H2,1-5H3,(H,33,34)/t22-,25+,28+/m1/s1. The third kappa shape index (κ3) is 8.09. The summed E-state index contributed by atoms with van der Waals surface area (Å²) in [7, 11) is -3.41. The van der Waals surface area contributed by atoms with Crippen LogP contribution in [0.15, 0.2) is 36.4 Å². The number of benzene rings is 2. The van der Waals surface area contributed by atoms with E-state index in [9.17, 15) is 18.3 Å². The van der Waals surface area contributed by atoms with Crippen LogP contribution in [-0.2, 0) is 39.4 Å². The van der Waals surface area contributed by atoms with E-state index in [0.29, 0.717) is 30.6 Å². The van der Waals surface area contributed by atoms with Gasteiger partial charge in [0.05, 0.1) is 29.8 Å². The Morgan fingerprint density at radius 2 is 1.84 bits per heavy atom. The van der Waals surface area contributed by atoms with Crippen LogP contribution in [0.25, 0.3) is 0 Å². The largest absolute Gasteiger partial charge is 0.391 e. The Morgan fingerprint density at radius 3 is 2.50 bits per heavy atom.